The van der Waals surface area contributed by atoms with Crippen molar-refractivity contribution in [2.75, 3.05) is 72.0 Å². The fourth-order valence-electron chi connectivity index (χ4n) is 9.23. The molecular formula is C56H113Cl5N4. The van der Waals surface area contributed by atoms with Crippen molar-refractivity contribution in [3.05, 3.63) is 0 Å². The minimum atomic E-state index is 0.164. The van der Waals surface area contributed by atoms with Gasteiger partial charge in [0.15, 0.2) is 0 Å². The number of nitrogens with zero attached hydrogens (tertiary/aromatic N) is 3. The van der Waals surface area contributed by atoms with E-state index in [1.807, 2.05) is 0 Å². The van der Waals surface area contributed by atoms with Crippen LogP contribution in [0.1, 0.15) is 259 Å². The molecule has 0 rings (SSSR count). The van der Waals surface area contributed by atoms with Gasteiger partial charge in [0.25, 0.3) is 0 Å². The molecule has 0 bridgehead atoms. The van der Waals surface area contributed by atoms with Crippen molar-refractivity contribution in [3.8, 4) is 0 Å². The molecule has 9 heteroatoms. The Hall–Kier alpha value is 1.29. The van der Waals surface area contributed by atoms with E-state index in [0.717, 1.165) is 104 Å². The molecule has 0 aromatic heterocycles. The van der Waals surface area contributed by atoms with Gasteiger partial charge in [-0.1, -0.05) is 227 Å². The number of rotatable bonds is 54. The molecule has 65 heavy (non-hydrogen) atoms. The molecule has 0 radical (unpaired) electrons. The molecule has 392 valence electrons. The molecule has 0 amide bonds. The summed E-state index contributed by atoms with van der Waals surface area (Å²) in [4.78, 5) is 7.91. The van der Waals surface area contributed by atoms with E-state index in [-0.39, 0.29) is 26.9 Å². The summed E-state index contributed by atoms with van der Waals surface area (Å²) in [6, 6.07) is 0. The van der Waals surface area contributed by atoms with Crippen LogP contribution in [-0.2, 0) is 0 Å². The van der Waals surface area contributed by atoms with Crippen LogP contribution in [0, 0.1) is 0 Å². The predicted molar refractivity (Wildman–Crippen MR) is 300 cm³/mol. The number of unbranched alkanes of at least 4 members (excludes halogenated alkanes) is 25. The van der Waals surface area contributed by atoms with Crippen LogP contribution in [0.3, 0.4) is 0 Å². The van der Waals surface area contributed by atoms with E-state index < -0.39 is 0 Å². The average Bonchev–Trinajstić information content (AvgIpc) is 3.28. The Labute approximate surface area is 433 Å². The van der Waals surface area contributed by atoms with Gasteiger partial charge in [-0.25, -0.2) is 0 Å². The van der Waals surface area contributed by atoms with Crippen LogP contribution >= 0.6 is 58.0 Å². The second kappa shape index (κ2) is 51.6. The van der Waals surface area contributed by atoms with Gasteiger partial charge < -0.3 is 5.32 Å². The Morgan fingerprint density at radius 1 is 0.277 bits per heavy atom. The highest BCUT2D eigenvalue weighted by Crippen LogP contribution is 2.20. The summed E-state index contributed by atoms with van der Waals surface area (Å²) in [6.07, 6.45) is 44.7. The quantitative estimate of drug-likeness (QED) is 0.0484. The van der Waals surface area contributed by atoms with Gasteiger partial charge in [0.2, 0.25) is 0 Å². The third kappa shape index (κ3) is 47.4. The van der Waals surface area contributed by atoms with Gasteiger partial charge in [0.05, 0.1) is 0 Å². The van der Waals surface area contributed by atoms with E-state index in [0.29, 0.717) is 0 Å². The van der Waals surface area contributed by atoms with Crippen molar-refractivity contribution >= 4 is 58.0 Å². The van der Waals surface area contributed by atoms with Crippen molar-refractivity contribution in [2.24, 2.45) is 0 Å². The zero-order chi connectivity index (χ0) is 47.9. The Morgan fingerprint density at radius 2 is 0.508 bits per heavy atom. The molecule has 4 nitrogen and oxygen atoms in total. The molecule has 0 aromatic carbocycles. The number of alkyl halides is 5. The summed E-state index contributed by atoms with van der Waals surface area (Å²) in [6.45, 7) is 21.9. The monoisotopic (exact) mass is 1020 g/mol. The average molecular weight is 1020 g/mol. The second-order valence-corrected chi connectivity index (χ2v) is 23.4. The molecule has 0 aliphatic carbocycles. The normalized spacial score (nSPS) is 14.5. The highest BCUT2D eigenvalue weighted by molar-refractivity contribution is 6.21. The lowest BCUT2D eigenvalue weighted by Crippen LogP contribution is -2.46. The van der Waals surface area contributed by atoms with Gasteiger partial charge in [-0.2, -0.15) is 0 Å². The molecule has 0 heterocycles. The zero-order valence-electron chi connectivity index (χ0n) is 44.1. The first-order valence-corrected chi connectivity index (χ1v) is 30.9. The summed E-state index contributed by atoms with van der Waals surface area (Å²) >= 11 is 35.6. The number of hydrogen-bond acceptors (Lipinski definition) is 4. The molecule has 0 aliphatic heterocycles. The fourth-order valence-corrected chi connectivity index (χ4v) is 10.9. The van der Waals surface area contributed by atoms with Crippen LogP contribution in [0.4, 0.5) is 0 Å². The van der Waals surface area contributed by atoms with Crippen LogP contribution in [0.5, 0.6) is 0 Å². The van der Waals surface area contributed by atoms with Crippen molar-refractivity contribution < 1.29 is 0 Å². The Morgan fingerprint density at radius 3 is 0.785 bits per heavy atom. The second-order valence-electron chi connectivity index (χ2n) is 20.3. The maximum absolute atomic E-state index is 7.17. The van der Waals surface area contributed by atoms with Gasteiger partial charge in [-0.05, 0) is 32.1 Å². The van der Waals surface area contributed by atoms with E-state index in [2.05, 4.69) is 54.6 Å². The van der Waals surface area contributed by atoms with Crippen LogP contribution in [0.15, 0.2) is 0 Å². The number of halogens is 5. The Balaban J connectivity index is 5.86. The lowest BCUT2D eigenvalue weighted by molar-refractivity contribution is 0.172. The van der Waals surface area contributed by atoms with E-state index in [1.54, 1.807) is 0 Å². The van der Waals surface area contributed by atoms with Crippen molar-refractivity contribution in [1.29, 1.82) is 0 Å². The first-order valence-electron chi connectivity index (χ1n) is 28.8. The minimum absolute atomic E-state index is 0.164. The standard InChI is InChI=1S/C56H113Cl5N4/c1-6-11-16-21-26-31-36-52(57)47-62-41-42-63(43-45-64(48-53(58)37-32-27-22-17-12-7-2)49-54(59)38-33-28-23-18-13-8-3)44-46-65(50-55(60)39-34-29-24-19-14-9-4)51-56(61)40-35-30-25-20-15-10-5/h52-56,62H,6-51H2,1-5H3. The fraction of sp³-hybridized carbons (Fsp3) is 1.00. The van der Waals surface area contributed by atoms with Crippen molar-refractivity contribution in [1.82, 2.24) is 20.0 Å². The van der Waals surface area contributed by atoms with Crippen LogP contribution in [-0.4, -0.2) is 114 Å². The summed E-state index contributed by atoms with van der Waals surface area (Å²) in [7, 11) is 0. The molecular weight excluding hydrogens is 906 g/mol. The van der Waals surface area contributed by atoms with Crippen molar-refractivity contribution in [3.63, 3.8) is 0 Å². The summed E-state index contributed by atoms with van der Waals surface area (Å²) in [5, 5.41) is 4.61. The van der Waals surface area contributed by atoms with Crippen molar-refractivity contribution in [2.45, 2.75) is 286 Å². The molecule has 0 saturated heterocycles. The lowest BCUT2D eigenvalue weighted by Gasteiger charge is -2.33. The first-order chi connectivity index (χ1) is 31.7. The Bertz CT molecular complexity index is 816. The van der Waals surface area contributed by atoms with E-state index in [4.69, 9.17) is 58.0 Å². The molecule has 1 N–H and O–H groups in total. The molecule has 0 aliphatic rings. The highest BCUT2D eigenvalue weighted by Gasteiger charge is 2.21. The topological polar surface area (TPSA) is 21.8 Å². The van der Waals surface area contributed by atoms with Crippen LogP contribution in [0.25, 0.3) is 0 Å². The maximum Gasteiger partial charge on any atom is 0.0463 e. The van der Waals surface area contributed by atoms with E-state index in [9.17, 15) is 0 Å². The van der Waals surface area contributed by atoms with Gasteiger partial charge >= 0.3 is 0 Å². The molecule has 0 aromatic rings. The lowest BCUT2D eigenvalue weighted by atomic mass is 10.1. The third-order valence-electron chi connectivity index (χ3n) is 13.6. The smallest absolute Gasteiger partial charge is 0.0463 e. The summed E-state index contributed by atoms with van der Waals surface area (Å²) in [5.74, 6) is 0. The van der Waals surface area contributed by atoms with E-state index >= 15 is 0 Å². The van der Waals surface area contributed by atoms with Gasteiger partial charge in [0.1, 0.15) is 0 Å². The van der Waals surface area contributed by atoms with Crippen LogP contribution in [0.2, 0.25) is 0 Å². The molecule has 0 spiro atoms. The first kappa shape index (κ1) is 66.3. The predicted octanol–water partition coefficient (Wildman–Crippen LogP) is 18.3. The summed E-state index contributed by atoms with van der Waals surface area (Å²) in [5.41, 5.74) is 0. The van der Waals surface area contributed by atoms with E-state index in [1.165, 1.54) is 193 Å². The molecule has 0 saturated carbocycles. The van der Waals surface area contributed by atoms with Gasteiger partial charge in [-0.15, -0.1) is 58.0 Å². The van der Waals surface area contributed by atoms with Gasteiger partial charge in [-0.3, -0.25) is 14.7 Å². The minimum Gasteiger partial charge on any atom is -0.314 e. The zero-order valence-corrected chi connectivity index (χ0v) is 47.9. The Kier molecular flexibility index (Phi) is 52.7. The third-order valence-corrected chi connectivity index (χ3v) is 15.4. The molecule has 5 unspecified atom stereocenters. The SMILES string of the molecule is CCCCCCCCC(Cl)CNCCN(CCN(CC(Cl)CCCCCCCC)CC(Cl)CCCCCCCC)CCN(CC(Cl)CCCCCCCC)CC(Cl)CCCCCCCC. The highest BCUT2D eigenvalue weighted by atomic mass is 35.5. The van der Waals surface area contributed by atoms with Crippen LogP contribution < -0.4 is 5.32 Å². The molecule has 0 fully saturated rings. The number of nitrogens with one attached hydrogen (secondary N) is 1. The molecule has 5 atom stereocenters. The largest absolute Gasteiger partial charge is 0.314 e. The number of hydrogen-bond donors (Lipinski definition) is 1. The summed E-state index contributed by atoms with van der Waals surface area (Å²) < 4.78 is 0. The maximum atomic E-state index is 7.17. The van der Waals surface area contributed by atoms with Gasteiger partial charge in [0, 0.05) is 98.9 Å².